The van der Waals surface area contributed by atoms with E-state index in [9.17, 15) is 4.79 Å². The zero-order valence-electron chi connectivity index (χ0n) is 13.0. The molecule has 1 aliphatic carbocycles. The Kier molecular flexibility index (Phi) is 27.1. The topological polar surface area (TPSA) is 75.3 Å². The van der Waals surface area contributed by atoms with E-state index < -0.39 is 0 Å². The van der Waals surface area contributed by atoms with Crippen molar-refractivity contribution in [1.29, 1.82) is 0 Å². The summed E-state index contributed by atoms with van der Waals surface area (Å²) in [7, 11) is 4.21. The molecule has 1 saturated carbocycles. The zero-order chi connectivity index (χ0) is 14.8. The second-order valence-electron chi connectivity index (χ2n) is 3.72. The summed E-state index contributed by atoms with van der Waals surface area (Å²) >= 11 is 0. The molecular formula is C14H34N2O2. The molecule has 0 saturated heterocycles. The molecule has 4 N–H and O–H groups in total. The van der Waals surface area contributed by atoms with Gasteiger partial charge in [0.15, 0.2) is 0 Å². The van der Waals surface area contributed by atoms with Crippen LogP contribution in [0.2, 0.25) is 0 Å². The van der Waals surface area contributed by atoms with Crippen LogP contribution < -0.4 is 11.1 Å². The third kappa shape index (κ3) is 15.4. The number of aliphatic hydroxyl groups is 1. The van der Waals surface area contributed by atoms with Crippen molar-refractivity contribution in [2.45, 2.75) is 58.8 Å². The van der Waals surface area contributed by atoms with Crippen molar-refractivity contribution in [3.05, 3.63) is 0 Å². The van der Waals surface area contributed by atoms with Gasteiger partial charge in [-0.1, -0.05) is 46.0 Å². The number of aliphatic hydroxyl groups excluding tert-OH is 1. The van der Waals surface area contributed by atoms with Crippen molar-refractivity contribution < 1.29 is 9.90 Å². The third-order valence-electron chi connectivity index (χ3n) is 2.78. The lowest BCUT2D eigenvalue weighted by Gasteiger charge is -2.20. The van der Waals surface area contributed by atoms with Gasteiger partial charge in [0.25, 0.3) is 0 Å². The van der Waals surface area contributed by atoms with Crippen LogP contribution in [0.3, 0.4) is 0 Å². The fourth-order valence-corrected chi connectivity index (χ4v) is 1.94. The number of carbonyl (C=O) groups is 1. The minimum atomic E-state index is 0.195. The van der Waals surface area contributed by atoms with E-state index in [4.69, 9.17) is 5.11 Å². The number of nitrogens with one attached hydrogen (secondary N) is 1. The molecule has 18 heavy (non-hydrogen) atoms. The summed E-state index contributed by atoms with van der Waals surface area (Å²) in [5.41, 5.74) is 4.50. The van der Waals surface area contributed by atoms with Gasteiger partial charge in [-0.25, -0.2) is 0 Å². The fourth-order valence-electron chi connectivity index (χ4n) is 1.94. The summed E-state index contributed by atoms with van der Waals surface area (Å²) in [6, 6.07) is 0. The fraction of sp³-hybridized carbons (Fsp3) is 0.929. The largest absolute Gasteiger partial charge is 0.400 e. The van der Waals surface area contributed by atoms with Crippen molar-refractivity contribution in [3.8, 4) is 0 Å². The summed E-state index contributed by atoms with van der Waals surface area (Å²) in [5, 5.41) is 9.67. The molecule has 1 amide bonds. The van der Waals surface area contributed by atoms with E-state index in [1.807, 2.05) is 13.8 Å². The van der Waals surface area contributed by atoms with Crippen LogP contribution in [0.1, 0.15) is 58.8 Å². The maximum atomic E-state index is 10.9. The number of hydrogen-bond acceptors (Lipinski definition) is 3. The second kappa shape index (κ2) is 21.7. The molecular weight excluding hydrogens is 228 g/mol. The van der Waals surface area contributed by atoms with E-state index in [0.29, 0.717) is 0 Å². The molecule has 0 aromatic heterocycles. The van der Waals surface area contributed by atoms with Gasteiger partial charge in [0.1, 0.15) is 0 Å². The van der Waals surface area contributed by atoms with Crippen molar-refractivity contribution >= 4 is 5.91 Å². The highest BCUT2D eigenvalue weighted by atomic mass is 16.2. The lowest BCUT2D eigenvalue weighted by atomic mass is 9.86. The molecule has 0 aromatic carbocycles. The van der Waals surface area contributed by atoms with Crippen LogP contribution in [0.25, 0.3) is 0 Å². The van der Waals surface area contributed by atoms with Gasteiger partial charge in [-0.05, 0) is 19.4 Å². The number of rotatable bonds is 3. The monoisotopic (exact) mass is 262 g/mol. The van der Waals surface area contributed by atoms with Crippen molar-refractivity contribution in [2.24, 2.45) is 11.7 Å². The van der Waals surface area contributed by atoms with Gasteiger partial charge in [-0.2, -0.15) is 0 Å². The summed E-state index contributed by atoms with van der Waals surface area (Å²) in [6.07, 6.45) is 8.65. The Bertz CT molecular complexity index is 147. The summed E-state index contributed by atoms with van der Waals surface area (Å²) < 4.78 is 0. The molecule has 0 unspecified atom stereocenters. The molecule has 4 heteroatoms. The van der Waals surface area contributed by atoms with E-state index in [0.717, 1.165) is 25.9 Å². The number of carbonyl (C=O) groups excluding carboxylic acids is 1. The first kappa shape index (κ1) is 22.6. The van der Waals surface area contributed by atoms with Crippen molar-refractivity contribution in [3.63, 3.8) is 0 Å². The van der Waals surface area contributed by atoms with Gasteiger partial charge in [0, 0.05) is 20.6 Å². The Morgan fingerprint density at radius 1 is 1.17 bits per heavy atom. The van der Waals surface area contributed by atoms with Crippen LogP contribution in [-0.2, 0) is 4.79 Å². The Morgan fingerprint density at radius 3 is 2.00 bits per heavy atom. The van der Waals surface area contributed by atoms with Gasteiger partial charge in [-0.3, -0.25) is 4.79 Å². The van der Waals surface area contributed by atoms with Gasteiger partial charge in [-0.15, -0.1) is 0 Å². The average Bonchev–Trinajstić information content (AvgIpc) is 2.52. The van der Waals surface area contributed by atoms with Crippen LogP contribution in [0, 0.1) is 5.92 Å². The lowest BCUT2D eigenvalue weighted by Crippen LogP contribution is -2.19. The molecule has 4 nitrogen and oxygen atoms in total. The summed E-state index contributed by atoms with van der Waals surface area (Å²) in [5.74, 6) is 1.02. The Labute approximate surface area is 113 Å². The molecule has 0 radical (unpaired) electrons. The maximum Gasteiger partial charge on any atom is 0.219 e. The molecule has 1 aliphatic rings. The molecule has 112 valence electrons. The molecule has 0 spiro atoms. The number of hydrogen-bond donors (Lipinski definition) is 3. The molecule has 1 fully saturated rings. The minimum absolute atomic E-state index is 0.195. The molecule has 0 aromatic rings. The highest BCUT2D eigenvalue weighted by Gasteiger charge is 2.13. The highest BCUT2D eigenvalue weighted by Crippen LogP contribution is 2.26. The Morgan fingerprint density at radius 2 is 1.61 bits per heavy atom. The molecule has 1 rings (SSSR count). The van der Waals surface area contributed by atoms with Gasteiger partial charge < -0.3 is 16.2 Å². The lowest BCUT2D eigenvalue weighted by molar-refractivity contribution is -0.120. The quantitative estimate of drug-likeness (QED) is 0.730. The van der Waals surface area contributed by atoms with Gasteiger partial charge >= 0.3 is 0 Å². The SMILES string of the molecule is CC.CN.CNC(=O)CCC1CCCCC1.CO. The predicted octanol–water partition coefficient (Wildman–Crippen LogP) is 2.30. The first-order valence-electron chi connectivity index (χ1n) is 7.06. The summed E-state index contributed by atoms with van der Waals surface area (Å²) in [4.78, 5) is 10.9. The molecule has 0 aliphatic heterocycles. The van der Waals surface area contributed by atoms with Crippen molar-refractivity contribution in [1.82, 2.24) is 5.32 Å². The molecule has 0 atom stereocenters. The second-order valence-corrected chi connectivity index (χ2v) is 3.72. The van der Waals surface area contributed by atoms with Crippen LogP contribution >= 0.6 is 0 Å². The Balaban J connectivity index is -0.000000328. The van der Waals surface area contributed by atoms with Crippen LogP contribution in [-0.4, -0.2) is 32.2 Å². The molecule has 0 bridgehead atoms. The number of amides is 1. The standard InChI is InChI=1S/C10H19NO.C2H6.CH5N.CH4O/c1-11-10(12)8-7-9-5-3-2-4-6-9;3*1-2/h9H,2-8H2,1H3,(H,11,12);1-2H3;2H2,1H3;2H,1H3. The van der Waals surface area contributed by atoms with Crippen LogP contribution in [0.15, 0.2) is 0 Å². The predicted molar refractivity (Wildman–Crippen MR) is 79.5 cm³/mol. The normalized spacial score (nSPS) is 13.7. The van der Waals surface area contributed by atoms with E-state index in [-0.39, 0.29) is 5.91 Å². The van der Waals surface area contributed by atoms with Crippen LogP contribution in [0.4, 0.5) is 0 Å². The first-order chi connectivity index (χ1) is 8.83. The van der Waals surface area contributed by atoms with Crippen LogP contribution in [0.5, 0.6) is 0 Å². The maximum absolute atomic E-state index is 10.9. The van der Waals surface area contributed by atoms with E-state index in [2.05, 4.69) is 11.1 Å². The summed E-state index contributed by atoms with van der Waals surface area (Å²) in [6.45, 7) is 4.00. The molecule has 0 heterocycles. The van der Waals surface area contributed by atoms with Gasteiger partial charge in [0.05, 0.1) is 0 Å². The van der Waals surface area contributed by atoms with Gasteiger partial charge in [0.2, 0.25) is 5.91 Å². The van der Waals surface area contributed by atoms with E-state index in [1.54, 1.807) is 7.05 Å². The van der Waals surface area contributed by atoms with E-state index in [1.165, 1.54) is 39.2 Å². The zero-order valence-corrected chi connectivity index (χ0v) is 13.0. The van der Waals surface area contributed by atoms with E-state index >= 15 is 0 Å². The third-order valence-corrected chi connectivity index (χ3v) is 2.78. The smallest absolute Gasteiger partial charge is 0.219 e. The highest BCUT2D eigenvalue weighted by molar-refractivity contribution is 5.75. The minimum Gasteiger partial charge on any atom is -0.400 e. The average molecular weight is 262 g/mol. The Hall–Kier alpha value is -0.610. The first-order valence-corrected chi connectivity index (χ1v) is 7.06. The van der Waals surface area contributed by atoms with Crippen molar-refractivity contribution in [2.75, 3.05) is 21.2 Å². The number of nitrogens with two attached hydrogens (primary N) is 1.